The molecule has 2 amide bonds. The molecule has 126 valence electrons. The van der Waals surface area contributed by atoms with Crippen LogP contribution in [-0.2, 0) is 11.2 Å². The Bertz CT molecular complexity index is 745. The number of carbonyl (C=O) groups excluding carboxylic acids is 2. The normalized spacial score (nSPS) is 17.7. The first-order chi connectivity index (χ1) is 11.5. The minimum absolute atomic E-state index is 0.108. The van der Waals surface area contributed by atoms with Crippen LogP contribution in [0.5, 0.6) is 0 Å². The maximum atomic E-state index is 12.9. The maximum absolute atomic E-state index is 12.9. The summed E-state index contributed by atoms with van der Waals surface area (Å²) in [5, 5.41) is 0.799. The summed E-state index contributed by atoms with van der Waals surface area (Å²) in [4.78, 5) is 30.4. The SMILES string of the molecule is NC(=O)C1CCCN(C(=O)c2cnc(Cc3ccc(F)cc3)s2)C1. The van der Waals surface area contributed by atoms with Crippen molar-refractivity contribution in [3.63, 3.8) is 0 Å². The van der Waals surface area contributed by atoms with E-state index in [-0.39, 0.29) is 23.5 Å². The van der Waals surface area contributed by atoms with Gasteiger partial charge in [0.2, 0.25) is 5.91 Å². The summed E-state index contributed by atoms with van der Waals surface area (Å²) in [5.74, 6) is -1.00. The average molecular weight is 347 g/mol. The first kappa shape index (κ1) is 16.6. The highest BCUT2D eigenvalue weighted by atomic mass is 32.1. The van der Waals surface area contributed by atoms with Crippen molar-refractivity contribution < 1.29 is 14.0 Å². The number of primary amides is 1. The Morgan fingerprint density at radius 1 is 1.33 bits per heavy atom. The third-order valence-corrected chi connectivity index (χ3v) is 5.13. The zero-order valence-electron chi connectivity index (χ0n) is 13.1. The summed E-state index contributed by atoms with van der Waals surface area (Å²) >= 11 is 1.33. The number of halogens is 1. The number of thiazole rings is 1. The molecule has 0 bridgehead atoms. The second-order valence-corrected chi connectivity index (χ2v) is 7.03. The van der Waals surface area contributed by atoms with Crippen molar-refractivity contribution in [2.45, 2.75) is 19.3 Å². The van der Waals surface area contributed by atoms with Gasteiger partial charge in [-0.25, -0.2) is 9.37 Å². The van der Waals surface area contributed by atoms with Gasteiger partial charge in [0.15, 0.2) is 0 Å². The first-order valence-electron chi connectivity index (χ1n) is 7.80. The van der Waals surface area contributed by atoms with E-state index in [9.17, 15) is 14.0 Å². The summed E-state index contributed by atoms with van der Waals surface area (Å²) in [7, 11) is 0. The fourth-order valence-electron chi connectivity index (χ4n) is 2.82. The van der Waals surface area contributed by atoms with E-state index < -0.39 is 0 Å². The summed E-state index contributed by atoms with van der Waals surface area (Å²) in [6.45, 7) is 1.01. The topological polar surface area (TPSA) is 76.3 Å². The van der Waals surface area contributed by atoms with E-state index in [2.05, 4.69) is 4.98 Å². The van der Waals surface area contributed by atoms with E-state index in [1.54, 1.807) is 23.2 Å². The standard InChI is InChI=1S/C17H18FN3O2S/c18-13-5-3-11(4-6-13)8-15-20-9-14(24-15)17(23)21-7-1-2-12(10-21)16(19)22/h3-6,9,12H,1-2,7-8,10H2,(H2,19,22). The van der Waals surface area contributed by atoms with Gasteiger partial charge in [0.25, 0.3) is 5.91 Å². The van der Waals surface area contributed by atoms with Gasteiger partial charge in [-0.05, 0) is 30.5 Å². The van der Waals surface area contributed by atoms with Crippen molar-refractivity contribution >= 4 is 23.2 Å². The van der Waals surface area contributed by atoms with Crippen molar-refractivity contribution in [2.75, 3.05) is 13.1 Å². The van der Waals surface area contributed by atoms with Crippen LogP contribution in [0.25, 0.3) is 0 Å². The summed E-state index contributed by atoms with van der Waals surface area (Å²) in [6.07, 6.45) is 3.64. The van der Waals surface area contributed by atoms with E-state index in [1.807, 2.05) is 0 Å². The fraction of sp³-hybridized carbons (Fsp3) is 0.353. The average Bonchev–Trinajstić information content (AvgIpc) is 3.05. The van der Waals surface area contributed by atoms with Crippen LogP contribution in [0.15, 0.2) is 30.5 Å². The molecular formula is C17H18FN3O2S. The number of nitrogens with two attached hydrogens (primary N) is 1. The van der Waals surface area contributed by atoms with Crippen molar-refractivity contribution in [3.8, 4) is 0 Å². The molecule has 1 unspecified atom stereocenters. The number of carbonyl (C=O) groups is 2. The van der Waals surface area contributed by atoms with Gasteiger partial charge in [-0.15, -0.1) is 11.3 Å². The van der Waals surface area contributed by atoms with E-state index in [0.29, 0.717) is 24.4 Å². The number of hydrogen-bond donors (Lipinski definition) is 1. The van der Waals surface area contributed by atoms with Crippen LogP contribution in [0.4, 0.5) is 4.39 Å². The Balaban J connectivity index is 1.67. The zero-order chi connectivity index (χ0) is 17.1. The monoisotopic (exact) mass is 347 g/mol. The van der Waals surface area contributed by atoms with Gasteiger partial charge in [-0.2, -0.15) is 0 Å². The second kappa shape index (κ2) is 7.09. The Hall–Kier alpha value is -2.28. The molecule has 0 spiro atoms. The smallest absolute Gasteiger partial charge is 0.265 e. The molecule has 1 aromatic carbocycles. The van der Waals surface area contributed by atoms with E-state index in [4.69, 9.17) is 5.73 Å². The molecule has 1 aromatic heterocycles. The molecule has 1 aliphatic heterocycles. The van der Waals surface area contributed by atoms with Gasteiger partial charge in [0.05, 0.1) is 17.1 Å². The minimum Gasteiger partial charge on any atom is -0.369 e. The number of aromatic nitrogens is 1. The van der Waals surface area contributed by atoms with Gasteiger partial charge in [0, 0.05) is 19.5 Å². The Labute approximate surface area is 143 Å². The summed E-state index contributed by atoms with van der Waals surface area (Å²) < 4.78 is 12.9. The van der Waals surface area contributed by atoms with Crippen LogP contribution >= 0.6 is 11.3 Å². The molecule has 24 heavy (non-hydrogen) atoms. The fourth-order valence-corrected chi connectivity index (χ4v) is 3.74. The lowest BCUT2D eigenvalue weighted by atomic mass is 9.97. The molecule has 7 heteroatoms. The van der Waals surface area contributed by atoms with Crippen LogP contribution in [-0.4, -0.2) is 34.8 Å². The van der Waals surface area contributed by atoms with E-state index in [0.717, 1.165) is 23.4 Å². The molecule has 3 rings (SSSR count). The molecule has 1 atom stereocenters. The number of piperidine rings is 1. The predicted molar refractivity (Wildman–Crippen MR) is 89.1 cm³/mol. The second-order valence-electron chi connectivity index (χ2n) is 5.91. The highest BCUT2D eigenvalue weighted by molar-refractivity contribution is 7.13. The minimum atomic E-state index is -0.353. The van der Waals surface area contributed by atoms with Crippen LogP contribution in [0.3, 0.4) is 0 Å². The molecule has 2 heterocycles. The Morgan fingerprint density at radius 3 is 2.79 bits per heavy atom. The lowest BCUT2D eigenvalue weighted by Gasteiger charge is -2.30. The number of likely N-dealkylation sites (tertiary alicyclic amines) is 1. The summed E-state index contributed by atoms with van der Waals surface area (Å²) in [6, 6.07) is 6.24. The Morgan fingerprint density at radius 2 is 2.08 bits per heavy atom. The molecule has 1 saturated heterocycles. The largest absolute Gasteiger partial charge is 0.369 e. The van der Waals surface area contributed by atoms with Gasteiger partial charge < -0.3 is 10.6 Å². The van der Waals surface area contributed by atoms with Crippen LogP contribution in [0.2, 0.25) is 0 Å². The van der Waals surface area contributed by atoms with Gasteiger partial charge in [-0.1, -0.05) is 12.1 Å². The lowest BCUT2D eigenvalue weighted by Crippen LogP contribution is -2.43. The van der Waals surface area contributed by atoms with E-state index >= 15 is 0 Å². The predicted octanol–water partition coefficient (Wildman–Crippen LogP) is 2.21. The molecular weight excluding hydrogens is 329 g/mol. The third kappa shape index (κ3) is 3.79. The number of amides is 2. The number of nitrogens with zero attached hydrogens (tertiary/aromatic N) is 2. The number of hydrogen-bond acceptors (Lipinski definition) is 4. The first-order valence-corrected chi connectivity index (χ1v) is 8.62. The number of benzene rings is 1. The molecule has 2 aromatic rings. The third-order valence-electron chi connectivity index (χ3n) is 4.14. The maximum Gasteiger partial charge on any atom is 0.265 e. The van der Waals surface area contributed by atoms with Crippen molar-refractivity contribution in [1.29, 1.82) is 0 Å². The molecule has 2 N–H and O–H groups in total. The van der Waals surface area contributed by atoms with Crippen LogP contribution in [0, 0.1) is 11.7 Å². The van der Waals surface area contributed by atoms with Crippen LogP contribution in [0.1, 0.15) is 33.1 Å². The highest BCUT2D eigenvalue weighted by Crippen LogP contribution is 2.22. The lowest BCUT2D eigenvalue weighted by molar-refractivity contribution is -0.123. The van der Waals surface area contributed by atoms with Gasteiger partial charge in [-0.3, -0.25) is 9.59 Å². The highest BCUT2D eigenvalue weighted by Gasteiger charge is 2.28. The molecule has 5 nitrogen and oxygen atoms in total. The van der Waals surface area contributed by atoms with Gasteiger partial charge >= 0.3 is 0 Å². The van der Waals surface area contributed by atoms with E-state index in [1.165, 1.54) is 23.5 Å². The number of rotatable bonds is 4. The molecule has 1 fully saturated rings. The molecule has 0 saturated carbocycles. The Kier molecular flexibility index (Phi) is 4.89. The van der Waals surface area contributed by atoms with Crippen LogP contribution < -0.4 is 5.73 Å². The van der Waals surface area contributed by atoms with Gasteiger partial charge in [0.1, 0.15) is 10.7 Å². The molecule has 1 aliphatic rings. The quantitative estimate of drug-likeness (QED) is 0.921. The molecule has 0 radical (unpaired) electrons. The zero-order valence-corrected chi connectivity index (χ0v) is 13.9. The van der Waals surface area contributed by atoms with Crippen molar-refractivity contribution in [2.24, 2.45) is 11.7 Å². The van der Waals surface area contributed by atoms with Crippen molar-refractivity contribution in [3.05, 3.63) is 51.7 Å². The molecule has 0 aliphatic carbocycles. The van der Waals surface area contributed by atoms with Crippen molar-refractivity contribution in [1.82, 2.24) is 9.88 Å². The summed E-state index contributed by atoms with van der Waals surface area (Å²) in [5.41, 5.74) is 6.30.